The zero-order valence-electron chi connectivity index (χ0n) is 9.21. The van der Waals surface area contributed by atoms with Gasteiger partial charge in [0.1, 0.15) is 0 Å². The minimum absolute atomic E-state index is 0.477. The van der Waals surface area contributed by atoms with Crippen LogP contribution in [-0.4, -0.2) is 50.2 Å². The van der Waals surface area contributed by atoms with Crippen molar-refractivity contribution < 1.29 is 14.6 Å². The molecule has 2 heterocycles. The summed E-state index contributed by atoms with van der Waals surface area (Å²) in [6, 6.07) is 0. The predicted molar refractivity (Wildman–Crippen MR) is 56.8 cm³/mol. The van der Waals surface area contributed by atoms with E-state index in [0.717, 1.165) is 52.2 Å². The van der Waals surface area contributed by atoms with Gasteiger partial charge < -0.3 is 19.9 Å². The standard InChI is InChI=1S/C11H21NO3/c13-11(2-4-12-5-3-11)9-15-8-10-1-6-14-7-10/h10,12-13H,1-9H2. The summed E-state index contributed by atoms with van der Waals surface area (Å²) in [5.41, 5.74) is -0.593. The summed E-state index contributed by atoms with van der Waals surface area (Å²) in [7, 11) is 0. The van der Waals surface area contributed by atoms with E-state index in [9.17, 15) is 5.11 Å². The summed E-state index contributed by atoms with van der Waals surface area (Å²) in [6.45, 7) is 4.68. The van der Waals surface area contributed by atoms with Gasteiger partial charge in [-0.1, -0.05) is 0 Å². The first-order valence-electron chi connectivity index (χ1n) is 5.87. The van der Waals surface area contributed by atoms with Crippen molar-refractivity contribution in [2.45, 2.75) is 24.9 Å². The average Bonchev–Trinajstić information content (AvgIpc) is 2.71. The number of rotatable bonds is 4. The molecule has 0 radical (unpaired) electrons. The fourth-order valence-electron chi connectivity index (χ4n) is 2.17. The van der Waals surface area contributed by atoms with Gasteiger partial charge in [-0.2, -0.15) is 0 Å². The monoisotopic (exact) mass is 215 g/mol. The van der Waals surface area contributed by atoms with Gasteiger partial charge in [0.25, 0.3) is 0 Å². The van der Waals surface area contributed by atoms with Crippen LogP contribution >= 0.6 is 0 Å². The van der Waals surface area contributed by atoms with E-state index in [2.05, 4.69) is 5.32 Å². The van der Waals surface area contributed by atoms with Crippen LogP contribution in [0, 0.1) is 5.92 Å². The van der Waals surface area contributed by atoms with Crippen molar-refractivity contribution in [1.29, 1.82) is 0 Å². The van der Waals surface area contributed by atoms with E-state index in [-0.39, 0.29) is 0 Å². The third kappa shape index (κ3) is 3.41. The number of hydrogen-bond acceptors (Lipinski definition) is 4. The maximum Gasteiger partial charge on any atom is 0.0904 e. The molecule has 1 atom stereocenters. The maximum atomic E-state index is 10.1. The Morgan fingerprint density at radius 1 is 1.40 bits per heavy atom. The minimum atomic E-state index is -0.593. The van der Waals surface area contributed by atoms with Crippen LogP contribution in [0.2, 0.25) is 0 Å². The second-order valence-electron chi connectivity index (χ2n) is 4.72. The van der Waals surface area contributed by atoms with Crippen LogP contribution in [0.1, 0.15) is 19.3 Å². The molecule has 0 aliphatic carbocycles. The van der Waals surface area contributed by atoms with Gasteiger partial charge in [0.05, 0.1) is 25.4 Å². The van der Waals surface area contributed by atoms with Gasteiger partial charge in [-0.05, 0) is 32.4 Å². The number of aliphatic hydroxyl groups is 1. The lowest BCUT2D eigenvalue weighted by molar-refractivity contribution is -0.0706. The van der Waals surface area contributed by atoms with Crippen LogP contribution in [0.4, 0.5) is 0 Å². The van der Waals surface area contributed by atoms with Gasteiger partial charge in [-0.15, -0.1) is 0 Å². The Morgan fingerprint density at radius 3 is 2.87 bits per heavy atom. The van der Waals surface area contributed by atoms with E-state index in [4.69, 9.17) is 9.47 Å². The molecular weight excluding hydrogens is 194 g/mol. The molecule has 0 aromatic heterocycles. The number of ether oxygens (including phenoxy) is 2. The van der Waals surface area contributed by atoms with E-state index >= 15 is 0 Å². The highest BCUT2D eigenvalue weighted by molar-refractivity contribution is 4.84. The van der Waals surface area contributed by atoms with E-state index in [1.54, 1.807) is 0 Å². The van der Waals surface area contributed by atoms with E-state index in [0.29, 0.717) is 12.5 Å². The maximum absolute atomic E-state index is 10.1. The number of nitrogens with one attached hydrogen (secondary N) is 1. The van der Waals surface area contributed by atoms with Crippen molar-refractivity contribution in [3.8, 4) is 0 Å². The van der Waals surface area contributed by atoms with Gasteiger partial charge in [-0.25, -0.2) is 0 Å². The Morgan fingerprint density at radius 2 is 2.20 bits per heavy atom. The lowest BCUT2D eigenvalue weighted by atomic mass is 9.93. The molecular formula is C11H21NO3. The molecule has 4 nitrogen and oxygen atoms in total. The largest absolute Gasteiger partial charge is 0.387 e. The van der Waals surface area contributed by atoms with E-state index in [1.807, 2.05) is 0 Å². The van der Waals surface area contributed by atoms with Crippen molar-refractivity contribution in [2.24, 2.45) is 5.92 Å². The molecule has 0 saturated carbocycles. The highest BCUT2D eigenvalue weighted by atomic mass is 16.5. The molecule has 15 heavy (non-hydrogen) atoms. The Hall–Kier alpha value is -0.160. The molecule has 0 spiro atoms. The second kappa shape index (κ2) is 5.25. The fourth-order valence-corrected chi connectivity index (χ4v) is 2.17. The number of piperidine rings is 1. The van der Waals surface area contributed by atoms with Crippen LogP contribution in [0.3, 0.4) is 0 Å². The smallest absolute Gasteiger partial charge is 0.0904 e. The summed E-state index contributed by atoms with van der Waals surface area (Å²) in [4.78, 5) is 0. The Labute approximate surface area is 90.9 Å². The first-order chi connectivity index (χ1) is 7.29. The molecule has 88 valence electrons. The highest BCUT2D eigenvalue weighted by Crippen LogP contribution is 2.19. The first-order valence-corrected chi connectivity index (χ1v) is 5.87. The van der Waals surface area contributed by atoms with Crippen molar-refractivity contribution >= 4 is 0 Å². The predicted octanol–water partition coefficient (Wildman–Crippen LogP) is 0.154. The average molecular weight is 215 g/mol. The van der Waals surface area contributed by atoms with Crippen molar-refractivity contribution in [3.63, 3.8) is 0 Å². The van der Waals surface area contributed by atoms with Crippen LogP contribution < -0.4 is 5.32 Å². The molecule has 2 fully saturated rings. The van der Waals surface area contributed by atoms with Crippen molar-refractivity contribution in [3.05, 3.63) is 0 Å². The van der Waals surface area contributed by atoms with E-state index in [1.165, 1.54) is 0 Å². The van der Waals surface area contributed by atoms with Gasteiger partial charge in [-0.3, -0.25) is 0 Å². The third-order valence-electron chi connectivity index (χ3n) is 3.28. The zero-order chi connectivity index (χ0) is 10.6. The SMILES string of the molecule is OC1(COCC2CCOC2)CCNCC1. The zero-order valence-corrected chi connectivity index (χ0v) is 9.21. The van der Waals surface area contributed by atoms with Crippen molar-refractivity contribution in [1.82, 2.24) is 5.32 Å². The molecule has 2 aliphatic heterocycles. The Bertz CT molecular complexity index is 186. The van der Waals surface area contributed by atoms with Crippen LogP contribution in [0.25, 0.3) is 0 Å². The molecule has 1 unspecified atom stereocenters. The van der Waals surface area contributed by atoms with Crippen LogP contribution in [0.5, 0.6) is 0 Å². The van der Waals surface area contributed by atoms with Crippen LogP contribution in [0.15, 0.2) is 0 Å². The molecule has 0 bridgehead atoms. The van der Waals surface area contributed by atoms with Crippen LogP contribution in [-0.2, 0) is 9.47 Å². The van der Waals surface area contributed by atoms with Gasteiger partial charge >= 0.3 is 0 Å². The summed E-state index contributed by atoms with van der Waals surface area (Å²) >= 11 is 0. The molecule has 2 aliphatic rings. The Balaban J connectivity index is 1.63. The van der Waals surface area contributed by atoms with Crippen molar-refractivity contribution in [2.75, 3.05) is 39.5 Å². The molecule has 0 aromatic carbocycles. The second-order valence-corrected chi connectivity index (χ2v) is 4.72. The number of hydrogen-bond donors (Lipinski definition) is 2. The molecule has 2 N–H and O–H groups in total. The quantitative estimate of drug-likeness (QED) is 0.701. The topological polar surface area (TPSA) is 50.7 Å². The lowest BCUT2D eigenvalue weighted by Crippen LogP contribution is -2.45. The third-order valence-corrected chi connectivity index (χ3v) is 3.28. The fraction of sp³-hybridized carbons (Fsp3) is 1.00. The van der Waals surface area contributed by atoms with E-state index < -0.39 is 5.60 Å². The summed E-state index contributed by atoms with van der Waals surface area (Å²) in [5.74, 6) is 0.537. The molecule has 4 heteroatoms. The van der Waals surface area contributed by atoms with Gasteiger partial charge in [0.2, 0.25) is 0 Å². The first kappa shape index (κ1) is 11.3. The van der Waals surface area contributed by atoms with Gasteiger partial charge in [0, 0.05) is 12.5 Å². The lowest BCUT2D eigenvalue weighted by Gasteiger charge is -2.32. The van der Waals surface area contributed by atoms with Gasteiger partial charge in [0.15, 0.2) is 0 Å². The summed E-state index contributed by atoms with van der Waals surface area (Å²) in [5, 5.41) is 13.4. The Kier molecular flexibility index (Phi) is 3.97. The molecule has 2 rings (SSSR count). The summed E-state index contributed by atoms with van der Waals surface area (Å²) < 4.78 is 10.9. The molecule has 0 aromatic rings. The highest BCUT2D eigenvalue weighted by Gasteiger charge is 2.29. The molecule has 0 amide bonds. The normalized spacial score (nSPS) is 30.6. The summed E-state index contributed by atoms with van der Waals surface area (Å²) in [6.07, 6.45) is 2.70. The molecule has 2 saturated heterocycles. The minimum Gasteiger partial charge on any atom is -0.387 e.